The van der Waals surface area contributed by atoms with Crippen molar-refractivity contribution in [1.29, 1.82) is 0 Å². The summed E-state index contributed by atoms with van der Waals surface area (Å²) in [5, 5.41) is 3.71. The van der Waals surface area contributed by atoms with Gasteiger partial charge in [0, 0.05) is 13.1 Å². The van der Waals surface area contributed by atoms with E-state index in [0.717, 1.165) is 13.1 Å². The van der Waals surface area contributed by atoms with Crippen LogP contribution in [0.25, 0.3) is 0 Å². The molecule has 1 atom stereocenters. The van der Waals surface area contributed by atoms with E-state index in [1.54, 1.807) is 6.92 Å². The van der Waals surface area contributed by atoms with E-state index in [1.165, 1.54) is 12.8 Å². The third-order valence-corrected chi connectivity index (χ3v) is 2.93. The quantitative estimate of drug-likeness (QED) is 0.611. The van der Waals surface area contributed by atoms with Crippen LogP contribution in [0.1, 0.15) is 31.5 Å². The van der Waals surface area contributed by atoms with Crippen LogP contribution in [0.5, 0.6) is 0 Å². The third kappa shape index (κ3) is 3.18. The smallest absolute Gasteiger partial charge is 0.248 e. The van der Waals surface area contributed by atoms with E-state index in [0.29, 0.717) is 30.1 Å². The molecule has 1 aliphatic heterocycles. The number of rotatable bonds is 2. The molecule has 0 spiro atoms. The van der Waals surface area contributed by atoms with Crippen molar-refractivity contribution in [1.82, 2.24) is 15.0 Å². The molecule has 1 unspecified atom stereocenters. The molecule has 2 N–H and O–H groups in total. The molecule has 1 fully saturated rings. The van der Waals surface area contributed by atoms with Gasteiger partial charge in [-0.2, -0.15) is 4.98 Å². The molecule has 0 aliphatic carbocycles. The van der Waals surface area contributed by atoms with E-state index in [2.05, 4.69) is 27.0 Å². The van der Waals surface area contributed by atoms with Crippen LogP contribution in [0.2, 0.25) is 0 Å². The average molecular weight is 237 g/mol. The highest BCUT2D eigenvalue weighted by atomic mass is 16.5. The van der Waals surface area contributed by atoms with Gasteiger partial charge < -0.3 is 15.2 Å². The summed E-state index contributed by atoms with van der Waals surface area (Å²) in [7, 11) is 0. The molecule has 1 aromatic heterocycles. The van der Waals surface area contributed by atoms with E-state index in [1.807, 2.05) is 0 Å². The summed E-state index contributed by atoms with van der Waals surface area (Å²) >= 11 is 0. The molecule has 2 rings (SSSR count). The summed E-state index contributed by atoms with van der Waals surface area (Å²) in [5.74, 6) is 2.39. The van der Waals surface area contributed by atoms with Gasteiger partial charge in [0.1, 0.15) is 6.54 Å². The van der Waals surface area contributed by atoms with Crippen molar-refractivity contribution in [2.45, 2.75) is 33.2 Å². The first-order valence-corrected chi connectivity index (χ1v) is 5.99. The standard InChI is InChI=1S/C11H19N5O/c1-8-4-3-5-16(7-8)11(12)13-6-10-14-9(2)15-17-10/h8H,3-7H2,1-2H3,(H2,12,13). The summed E-state index contributed by atoms with van der Waals surface area (Å²) in [6.45, 7) is 6.35. The third-order valence-electron chi connectivity index (χ3n) is 2.93. The lowest BCUT2D eigenvalue weighted by Gasteiger charge is -2.31. The van der Waals surface area contributed by atoms with Gasteiger partial charge in [-0.3, -0.25) is 0 Å². The number of aromatic nitrogens is 2. The number of hydrogen-bond donors (Lipinski definition) is 1. The van der Waals surface area contributed by atoms with Gasteiger partial charge in [-0.05, 0) is 25.7 Å². The predicted molar refractivity (Wildman–Crippen MR) is 64.3 cm³/mol. The normalized spacial score (nSPS) is 21.9. The van der Waals surface area contributed by atoms with E-state index < -0.39 is 0 Å². The SMILES string of the molecule is Cc1noc(CN=C(N)N2CCCC(C)C2)n1. The van der Waals surface area contributed by atoms with Crippen molar-refractivity contribution in [3.8, 4) is 0 Å². The lowest BCUT2D eigenvalue weighted by molar-refractivity contribution is 0.270. The van der Waals surface area contributed by atoms with Gasteiger partial charge in [0.15, 0.2) is 11.8 Å². The van der Waals surface area contributed by atoms with Crippen LogP contribution >= 0.6 is 0 Å². The number of likely N-dealkylation sites (tertiary alicyclic amines) is 1. The minimum Gasteiger partial charge on any atom is -0.370 e. The van der Waals surface area contributed by atoms with Crippen LogP contribution in [0, 0.1) is 12.8 Å². The lowest BCUT2D eigenvalue weighted by Crippen LogP contribution is -2.43. The molecule has 2 heterocycles. The fourth-order valence-corrected chi connectivity index (χ4v) is 2.05. The van der Waals surface area contributed by atoms with Crippen molar-refractivity contribution in [3.05, 3.63) is 11.7 Å². The van der Waals surface area contributed by atoms with Crippen molar-refractivity contribution in [3.63, 3.8) is 0 Å². The zero-order chi connectivity index (χ0) is 12.3. The molecule has 0 amide bonds. The molecule has 1 aromatic rings. The molecule has 6 nitrogen and oxygen atoms in total. The molecule has 94 valence electrons. The number of guanidine groups is 1. The molecular formula is C11H19N5O. The van der Waals surface area contributed by atoms with E-state index >= 15 is 0 Å². The van der Waals surface area contributed by atoms with E-state index in [4.69, 9.17) is 10.3 Å². The van der Waals surface area contributed by atoms with Crippen LogP contribution in [-0.4, -0.2) is 34.1 Å². The number of hydrogen-bond acceptors (Lipinski definition) is 4. The fourth-order valence-electron chi connectivity index (χ4n) is 2.05. The second kappa shape index (κ2) is 5.16. The highest BCUT2D eigenvalue weighted by Gasteiger charge is 2.17. The van der Waals surface area contributed by atoms with Crippen molar-refractivity contribution in [2.24, 2.45) is 16.6 Å². The van der Waals surface area contributed by atoms with E-state index in [-0.39, 0.29) is 0 Å². The summed E-state index contributed by atoms with van der Waals surface area (Å²) in [6, 6.07) is 0. The van der Waals surface area contributed by atoms with Gasteiger partial charge in [-0.15, -0.1) is 0 Å². The monoisotopic (exact) mass is 237 g/mol. The van der Waals surface area contributed by atoms with Crippen LogP contribution < -0.4 is 5.73 Å². The molecule has 17 heavy (non-hydrogen) atoms. The molecule has 0 bridgehead atoms. The molecule has 0 saturated carbocycles. The fraction of sp³-hybridized carbons (Fsp3) is 0.727. The van der Waals surface area contributed by atoms with Gasteiger partial charge in [-0.1, -0.05) is 12.1 Å². The average Bonchev–Trinajstić information content (AvgIpc) is 2.72. The highest BCUT2D eigenvalue weighted by Crippen LogP contribution is 2.15. The van der Waals surface area contributed by atoms with Gasteiger partial charge in [0.2, 0.25) is 5.89 Å². The molecular weight excluding hydrogens is 218 g/mol. The maximum Gasteiger partial charge on any atom is 0.248 e. The Hall–Kier alpha value is -1.59. The lowest BCUT2D eigenvalue weighted by atomic mass is 10.0. The zero-order valence-electron chi connectivity index (χ0n) is 10.4. The van der Waals surface area contributed by atoms with Crippen LogP contribution in [0.4, 0.5) is 0 Å². The number of aryl methyl sites for hydroxylation is 1. The van der Waals surface area contributed by atoms with Gasteiger partial charge in [0.05, 0.1) is 0 Å². The maximum absolute atomic E-state index is 5.95. The topological polar surface area (TPSA) is 80.5 Å². The number of nitrogens with zero attached hydrogens (tertiary/aromatic N) is 4. The first-order chi connectivity index (χ1) is 8.15. The summed E-state index contributed by atoms with van der Waals surface area (Å²) in [6.07, 6.45) is 2.45. The van der Waals surface area contributed by atoms with Crippen LogP contribution in [0.15, 0.2) is 9.52 Å². The van der Waals surface area contributed by atoms with Crippen molar-refractivity contribution < 1.29 is 4.52 Å². The Balaban J connectivity index is 1.92. The Labute approximate surface area is 101 Å². The number of aliphatic imine (C=N–C) groups is 1. The minimum absolute atomic E-state index is 0.359. The summed E-state index contributed by atoms with van der Waals surface area (Å²) < 4.78 is 4.98. The van der Waals surface area contributed by atoms with E-state index in [9.17, 15) is 0 Å². The van der Waals surface area contributed by atoms with Crippen molar-refractivity contribution in [2.75, 3.05) is 13.1 Å². The first kappa shape index (κ1) is 11.9. The Bertz CT molecular complexity index is 400. The second-order valence-electron chi connectivity index (χ2n) is 4.60. The Morgan fingerprint density at radius 2 is 2.47 bits per heavy atom. The molecule has 1 aliphatic rings. The number of nitrogens with two attached hydrogens (primary N) is 1. The highest BCUT2D eigenvalue weighted by molar-refractivity contribution is 5.78. The molecule has 0 radical (unpaired) electrons. The summed E-state index contributed by atoms with van der Waals surface area (Å²) in [5.41, 5.74) is 5.95. The van der Waals surface area contributed by atoms with Gasteiger partial charge in [-0.25, -0.2) is 4.99 Å². The second-order valence-corrected chi connectivity index (χ2v) is 4.60. The maximum atomic E-state index is 5.95. The first-order valence-electron chi connectivity index (χ1n) is 5.99. The Morgan fingerprint density at radius 1 is 1.65 bits per heavy atom. The molecule has 6 heteroatoms. The largest absolute Gasteiger partial charge is 0.370 e. The van der Waals surface area contributed by atoms with Crippen LogP contribution in [0.3, 0.4) is 0 Å². The van der Waals surface area contributed by atoms with Gasteiger partial charge >= 0.3 is 0 Å². The Morgan fingerprint density at radius 3 is 3.12 bits per heavy atom. The Kier molecular flexibility index (Phi) is 3.61. The van der Waals surface area contributed by atoms with Gasteiger partial charge in [0.25, 0.3) is 0 Å². The minimum atomic E-state index is 0.359. The summed E-state index contributed by atoms with van der Waals surface area (Å²) in [4.78, 5) is 10.5. The number of piperidine rings is 1. The van der Waals surface area contributed by atoms with Crippen molar-refractivity contribution >= 4 is 5.96 Å². The predicted octanol–water partition coefficient (Wildman–Crippen LogP) is 0.925. The molecule has 1 saturated heterocycles. The zero-order valence-corrected chi connectivity index (χ0v) is 10.4. The van der Waals surface area contributed by atoms with Crippen LogP contribution in [-0.2, 0) is 6.54 Å². The molecule has 0 aromatic carbocycles.